The van der Waals surface area contributed by atoms with Gasteiger partial charge in [-0.05, 0) is 50.9 Å². The summed E-state index contributed by atoms with van der Waals surface area (Å²) in [6, 6.07) is 10.1. The van der Waals surface area contributed by atoms with Crippen LogP contribution in [0.5, 0.6) is 0 Å². The van der Waals surface area contributed by atoms with Crippen molar-refractivity contribution in [2.75, 3.05) is 32.0 Å². The average molecular weight is 402 g/mol. The molecule has 0 unspecified atom stereocenters. The first kappa shape index (κ1) is 19.4. The van der Waals surface area contributed by atoms with E-state index in [-0.39, 0.29) is 12.0 Å². The lowest BCUT2D eigenvalue weighted by molar-refractivity contribution is -0.119. The summed E-state index contributed by atoms with van der Waals surface area (Å²) in [5.41, 5.74) is 1.03. The van der Waals surface area contributed by atoms with Gasteiger partial charge in [-0.1, -0.05) is 30.0 Å². The summed E-state index contributed by atoms with van der Waals surface area (Å²) < 4.78 is 7.64. The molecule has 2 aliphatic rings. The fraction of sp³-hybridized carbons (Fsp3) is 0.550. The maximum Gasteiger partial charge on any atom is 0.230 e. The van der Waals surface area contributed by atoms with Crippen LogP contribution in [0, 0.1) is 0 Å². The van der Waals surface area contributed by atoms with Crippen molar-refractivity contribution in [1.82, 2.24) is 25.0 Å². The minimum absolute atomic E-state index is 0.00389. The largest absolute Gasteiger partial charge is 0.376 e. The molecule has 1 aromatic carbocycles. The molecule has 1 N–H and O–H groups in total. The number of hydrogen-bond acceptors (Lipinski definition) is 6. The monoisotopic (exact) mass is 401 g/mol. The summed E-state index contributed by atoms with van der Waals surface area (Å²) >= 11 is 1.43. The summed E-state index contributed by atoms with van der Waals surface area (Å²) in [7, 11) is 0. The second-order valence-electron chi connectivity index (χ2n) is 7.28. The highest BCUT2D eigenvalue weighted by Crippen LogP contribution is 2.23. The normalized spacial score (nSPS) is 19.9. The van der Waals surface area contributed by atoms with Gasteiger partial charge in [-0.25, -0.2) is 0 Å². The number of nitrogens with zero attached hydrogens (tertiary/aromatic N) is 4. The number of likely N-dealkylation sites (tertiary alicyclic amines) is 1. The number of rotatable bonds is 8. The van der Waals surface area contributed by atoms with Gasteiger partial charge in [0, 0.05) is 18.8 Å². The summed E-state index contributed by atoms with van der Waals surface area (Å²) in [4.78, 5) is 14.7. The Hall–Kier alpha value is -1.90. The quantitative estimate of drug-likeness (QED) is 0.684. The van der Waals surface area contributed by atoms with Gasteiger partial charge in [0.15, 0.2) is 11.0 Å². The highest BCUT2D eigenvalue weighted by atomic mass is 32.2. The standard InChI is InChI=1S/C20H27N5O2S/c26-19(21-13-17-9-6-12-27-17)15-28-20-23-22-18(14-24-10-4-5-11-24)25(20)16-7-2-1-3-8-16/h1-3,7-8,17H,4-6,9-15H2,(H,21,26)/t17-/m1/s1. The van der Waals surface area contributed by atoms with Crippen LogP contribution in [-0.4, -0.2) is 63.7 Å². The SMILES string of the molecule is O=C(CSc1nnc(CN2CCCC2)n1-c1ccccc1)NC[C@H]1CCCO1. The van der Waals surface area contributed by atoms with Crippen LogP contribution in [0.25, 0.3) is 5.69 Å². The smallest absolute Gasteiger partial charge is 0.230 e. The first-order valence-electron chi connectivity index (χ1n) is 10.0. The van der Waals surface area contributed by atoms with E-state index in [1.807, 2.05) is 18.2 Å². The zero-order valence-electron chi connectivity index (χ0n) is 16.0. The molecule has 0 aliphatic carbocycles. The Bertz CT molecular complexity index is 770. The molecule has 2 aliphatic heterocycles. The summed E-state index contributed by atoms with van der Waals surface area (Å²) in [6.45, 7) is 4.39. The predicted molar refractivity (Wildman–Crippen MR) is 109 cm³/mol. The van der Waals surface area contributed by atoms with Crippen LogP contribution < -0.4 is 5.32 Å². The topological polar surface area (TPSA) is 72.3 Å². The first-order chi connectivity index (χ1) is 13.8. The minimum atomic E-state index is 0.00389. The van der Waals surface area contributed by atoms with E-state index in [0.29, 0.717) is 12.3 Å². The maximum absolute atomic E-state index is 12.3. The number of ether oxygens (including phenoxy) is 1. The summed E-state index contributed by atoms with van der Waals surface area (Å²) in [5, 5.41) is 12.6. The second kappa shape index (κ2) is 9.54. The van der Waals surface area contributed by atoms with Crippen LogP contribution in [0.15, 0.2) is 35.5 Å². The van der Waals surface area contributed by atoms with E-state index in [4.69, 9.17) is 4.74 Å². The lowest BCUT2D eigenvalue weighted by atomic mass is 10.2. The fourth-order valence-corrected chi connectivity index (χ4v) is 4.49. The van der Waals surface area contributed by atoms with Gasteiger partial charge in [-0.2, -0.15) is 0 Å². The molecule has 150 valence electrons. The van der Waals surface area contributed by atoms with Gasteiger partial charge >= 0.3 is 0 Å². The molecular weight excluding hydrogens is 374 g/mol. The number of carbonyl (C=O) groups excluding carboxylic acids is 1. The van der Waals surface area contributed by atoms with Crippen molar-refractivity contribution < 1.29 is 9.53 Å². The Morgan fingerprint density at radius 2 is 2.00 bits per heavy atom. The summed E-state index contributed by atoms with van der Waals surface area (Å²) in [6.07, 6.45) is 4.75. The van der Waals surface area contributed by atoms with Gasteiger partial charge in [0.2, 0.25) is 5.91 Å². The number of carbonyl (C=O) groups is 1. The van der Waals surface area contributed by atoms with Crippen molar-refractivity contribution in [2.24, 2.45) is 0 Å². The zero-order valence-corrected chi connectivity index (χ0v) is 16.9. The van der Waals surface area contributed by atoms with Crippen LogP contribution in [0.4, 0.5) is 0 Å². The van der Waals surface area contributed by atoms with E-state index in [1.165, 1.54) is 24.6 Å². The number of para-hydroxylation sites is 1. The Labute approximate surface area is 169 Å². The lowest BCUT2D eigenvalue weighted by Gasteiger charge is -2.16. The van der Waals surface area contributed by atoms with E-state index in [0.717, 1.165) is 55.8 Å². The molecular formula is C20H27N5O2S. The third kappa shape index (κ3) is 4.92. The molecule has 2 fully saturated rings. The number of hydrogen-bond donors (Lipinski definition) is 1. The van der Waals surface area contributed by atoms with Crippen LogP contribution in [0.2, 0.25) is 0 Å². The van der Waals surface area contributed by atoms with Crippen LogP contribution in [0.1, 0.15) is 31.5 Å². The molecule has 0 saturated carbocycles. The number of amides is 1. The van der Waals surface area contributed by atoms with Crippen LogP contribution in [0.3, 0.4) is 0 Å². The van der Waals surface area contributed by atoms with Gasteiger partial charge < -0.3 is 10.1 Å². The maximum atomic E-state index is 12.3. The van der Waals surface area contributed by atoms with Crippen molar-refractivity contribution in [3.05, 3.63) is 36.2 Å². The Morgan fingerprint density at radius 1 is 1.18 bits per heavy atom. The van der Waals surface area contributed by atoms with Crippen LogP contribution in [-0.2, 0) is 16.1 Å². The molecule has 2 saturated heterocycles. The second-order valence-corrected chi connectivity index (χ2v) is 8.22. The van der Waals surface area contributed by atoms with E-state index in [2.05, 4.69) is 37.1 Å². The van der Waals surface area contributed by atoms with Gasteiger partial charge in [0.1, 0.15) is 0 Å². The molecule has 0 bridgehead atoms. The van der Waals surface area contributed by atoms with Gasteiger partial charge in [0.05, 0.1) is 18.4 Å². The molecule has 1 atom stereocenters. The van der Waals surface area contributed by atoms with Gasteiger partial charge in [-0.15, -0.1) is 10.2 Å². The molecule has 3 heterocycles. The average Bonchev–Trinajstić information content (AvgIpc) is 3.48. The van der Waals surface area contributed by atoms with Crippen molar-refractivity contribution in [1.29, 1.82) is 0 Å². The molecule has 7 nitrogen and oxygen atoms in total. The zero-order chi connectivity index (χ0) is 19.2. The minimum Gasteiger partial charge on any atom is -0.376 e. The third-order valence-corrected chi connectivity index (χ3v) is 6.09. The van der Waals surface area contributed by atoms with E-state index >= 15 is 0 Å². The molecule has 8 heteroatoms. The summed E-state index contributed by atoms with van der Waals surface area (Å²) in [5.74, 6) is 1.25. The highest BCUT2D eigenvalue weighted by Gasteiger charge is 2.20. The fourth-order valence-electron chi connectivity index (χ4n) is 3.69. The van der Waals surface area contributed by atoms with E-state index < -0.39 is 0 Å². The number of thioether (sulfide) groups is 1. The molecule has 28 heavy (non-hydrogen) atoms. The van der Waals surface area contributed by atoms with Crippen molar-refractivity contribution in [3.8, 4) is 5.69 Å². The third-order valence-electron chi connectivity index (χ3n) is 5.16. The van der Waals surface area contributed by atoms with Gasteiger partial charge in [-0.3, -0.25) is 14.3 Å². The molecule has 1 amide bonds. The predicted octanol–water partition coefficient (Wildman–Crippen LogP) is 2.25. The Morgan fingerprint density at radius 3 is 2.75 bits per heavy atom. The highest BCUT2D eigenvalue weighted by molar-refractivity contribution is 7.99. The van der Waals surface area contributed by atoms with Crippen molar-refractivity contribution in [2.45, 2.75) is 43.5 Å². The van der Waals surface area contributed by atoms with E-state index in [9.17, 15) is 4.79 Å². The van der Waals surface area contributed by atoms with Crippen molar-refractivity contribution >= 4 is 17.7 Å². The first-order valence-corrected chi connectivity index (χ1v) is 11.0. The number of aromatic nitrogens is 3. The molecule has 2 aromatic rings. The lowest BCUT2D eigenvalue weighted by Crippen LogP contribution is -2.32. The Balaban J connectivity index is 1.42. The molecule has 0 radical (unpaired) electrons. The molecule has 4 rings (SSSR count). The van der Waals surface area contributed by atoms with Crippen LogP contribution >= 0.6 is 11.8 Å². The number of nitrogens with one attached hydrogen (secondary N) is 1. The van der Waals surface area contributed by atoms with Gasteiger partial charge in [0.25, 0.3) is 0 Å². The Kier molecular flexibility index (Phi) is 6.61. The molecule has 1 aromatic heterocycles. The number of benzene rings is 1. The van der Waals surface area contributed by atoms with Crippen molar-refractivity contribution in [3.63, 3.8) is 0 Å². The molecule has 0 spiro atoms. The van der Waals surface area contributed by atoms with E-state index in [1.54, 1.807) is 0 Å².